The van der Waals surface area contributed by atoms with Crippen molar-refractivity contribution in [3.63, 3.8) is 0 Å². The molecule has 0 saturated carbocycles. The van der Waals surface area contributed by atoms with Gasteiger partial charge in [-0.2, -0.15) is 13.2 Å². The number of nitrogens with zero attached hydrogens (tertiary/aromatic N) is 1. The van der Waals surface area contributed by atoms with Gasteiger partial charge in [-0.05, 0) is 42.3 Å². The Labute approximate surface area is 159 Å². The summed E-state index contributed by atoms with van der Waals surface area (Å²) in [6.07, 6.45) is -4.32. The number of methoxy groups -OCH3 is 1. The van der Waals surface area contributed by atoms with Gasteiger partial charge in [-0.15, -0.1) is 0 Å². The summed E-state index contributed by atoms with van der Waals surface area (Å²) >= 11 is 6.14. The molecular weight excluding hydrogens is 381 g/mol. The van der Waals surface area contributed by atoms with E-state index in [4.69, 9.17) is 16.3 Å². The Morgan fingerprint density at radius 3 is 2.41 bits per heavy atom. The normalized spacial score (nSPS) is 19.5. The molecule has 144 valence electrons. The molecule has 2 amide bonds. The van der Waals surface area contributed by atoms with Crippen molar-refractivity contribution in [3.8, 4) is 5.75 Å². The molecular formula is C19H18ClF3N2O2. The fourth-order valence-corrected chi connectivity index (χ4v) is 3.79. The molecule has 1 N–H and O–H groups in total. The molecule has 1 unspecified atom stereocenters. The molecule has 8 heteroatoms. The van der Waals surface area contributed by atoms with Crippen LogP contribution in [0.5, 0.6) is 5.75 Å². The molecule has 1 aliphatic heterocycles. The Morgan fingerprint density at radius 1 is 1.19 bits per heavy atom. The van der Waals surface area contributed by atoms with E-state index in [-0.39, 0.29) is 6.42 Å². The van der Waals surface area contributed by atoms with Crippen molar-refractivity contribution in [2.24, 2.45) is 0 Å². The van der Waals surface area contributed by atoms with Crippen molar-refractivity contribution in [1.29, 1.82) is 0 Å². The number of urea groups is 1. The van der Waals surface area contributed by atoms with Crippen molar-refractivity contribution in [2.75, 3.05) is 19.0 Å². The van der Waals surface area contributed by atoms with Crippen molar-refractivity contribution >= 4 is 23.3 Å². The zero-order chi connectivity index (χ0) is 19.8. The fraction of sp³-hybridized carbons (Fsp3) is 0.316. The zero-order valence-electron chi connectivity index (χ0n) is 14.7. The third-order valence-corrected chi connectivity index (χ3v) is 5.03. The van der Waals surface area contributed by atoms with Gasteiger partial charge in [0.1, 0.15) is 12.3 Å². The van der Waals surface area contributed by atoms with Crippen LogP contribution in [0.1, 0.15) is 24.5 Å². The van der Waals surface area contributed by atoms with E-state index in [0.29, 0.717) is 27.6 Å². The van der Waals surface area contributed by atoms with Gasteiger partial charge in [0, 0.05) is 16.3 Å². The summed E-state index contributed by atoms with van der Waals surface area (Å²) in [6.45, 7) is 0.363. The van der Waals surface area contributed by atoms with Crippen LogP contribution in [-0.4, -0.2) is 30.8 Å². The van der Waals surface area contributed by atoms with Gasteiger partial charge in [0.2, 0.25) is 0 Å². The highest BCUT2D eigenvalue weighted by atomic mass is 35.5. The predicted molar refractivity (Wildman–Crippen MR) is 97.3 cm³/mol. The number of carbonyl (C=O) groups is 1. The Balaban J connectivity index is 2.28. The summed E-state index contributed by atoms with van der Waals surface area (Å²) in [4.78, 5) is 13.5. The molecule has 1 atom stereocenters. The van der Waals surface area contributed by atoms with E-state index in [0.717, 1.165) is 4.90 Å². The molecule has 0 aliphatic carbocycles. The first-order valence-electron chi connectivity index (χ1n) is 8.31. The van der Waals surface area contributed by atoms with Crippen molar-refractivity contribution < 1.29 is 22.7 Å². The smallest absolute Gasteiger partial charge is 0.406 e. The summed E-state index contributed by atoms with van der Waals surface area (Å²) in [5.74, 6) is 0.568. The quantitative estimate of drug-likeness (QED) is 0.748. The number of hydrogen-bond donors (Lipinski definition) is 1. The Hall–Kier alpha value is -2.41. The number of alkyl halides is 3. The number of amides is 2. The summed E-state index contributed by atoms with van der Waals surface area (Å²) in [6, 6.07) is 10.7. The van der Waals surface area contributed by atoms with Gasteiger partial charge in [0.15, 0.2) is 0 Å². The van der Waals surface area contributed by atoms with Gasteiger partial charge in [-0.25, -0.2) is 4.79 Å². The van der Waals surface area contributed by atoms with Gasteiger partial charge in [-0.1, -0.05) is 30.7 Å². The molecule has 0 spiro atoms. The molecule has 1 aliphatic rings. The molecule has 1 heterocycles. The number of fused-ring (bicyclic) bond motifs is 1. The molecule has 0 radical (unpaired) electrons. The highest BCUT2D eigenvalue weighted by Gasteiger charge is 2.50. The predicted octanol–water partition coefficient (Wildman–Crippen LogP) is 5.41. The maximum Gasteiger partial charge on any atom is 0.406 e. The van der Waals surface area contributed by atoms with Crippen LogP contribution in [0.4, 0.5) is 23.7 Å². The van der Waals surface area contributed by atoms with E-state index in [1.54, 1.807) is 49.4 Å². The van der Waals surface area contributed by atoms with E-state index in [2.05, 4.69) is 5.32 Å². The SMILES string of the molecule is CCC1(c2ccc(OC)cc2)c2cc(Cl)ccc2NC(=O)N1CC(F)(F)F. The maximum absolute atomic E-state index is 13.3. The number of rotatable bonds is 4. The van der Waals surface area contributed by atoms with Crippen LogP contribution in [0.15, 0.2) is 42.5 Å². The lowest BCUT2D eigenvalue weighted by Crippen LogP contribution is -2.57. The Morgan fingerprint density at radius 2 is 1.85 bits per heavy atom. The zero-order valence-corrected chi connectivity index (χ0v) is 15.5. The van der Waals surface area contributed by atoms with Crippen LogP contribution in [0.2, 0.25) is 5.02 Å². The van der Waals surface area contributed by atoms with E-state index in [9.17, 15) is 18.0 Å². The summed E-state index contributed by atoms with van der Waals surface area (Å²) in [7, 11) is 1.50. The summed E-state index contributed by atoms with van der Waals surface area (Å²) < 4.78 is 45.1. The van der Waals surface area contributed by atoms with E-state index in [1.807, 2.05) is 0 Å². The third kappa shape index (κ3) is 3.43. The van der Waals surface area contributed by atoms with Crippen molar-refractivity contribution in [2.45, 2.75) is 25.1 Å². The van der Waals surface area contributed by atoms with Gasteiger partial charge in [0.05, 0.1) is 12.6 Å². The molecule has 3 rings (SSSR count). The highest BCUT2D eigenvalue weighted by molar-refractivity contribution is 6.30. The van der Waals surface area contributed by atoms with Gasteiger partial charge >= 0.3 is 12.2 Å². The molecule has 0 bridgehead atoms. The number of ether oxygens (including phenoxy) is 1. The molecule has 0 aromatic heterocycles. The average Bonchev–Trinajstić information content (AvgIpc) is 2.62. The monoisotopic (exact) mass is 398 g/mol. The van der Waals surface area contributed by atoms with E-state index >= 15 is 0 Å². The first-order valence-corrected chi connectivity index (χ1v) is 8.69. The second-order valence-corrected chi connectivity index (χ2v) is 6.70. The van der Waals surface area contributed by atoms with Crippen LogP contribution < -0.4 is 10.1 Å². The molecule has 2 aromatic carbocycles. The summed E-state index contributed by atoms with van der Waals surface area (Å²) in [5, 5.41) is 2.92. The van der Waals surface area contributed by atoms with Crippen LogP contribution in [-0.2, 0) is 5.54 Å². The molecule has 2 aromatic rings. The molecule has 4 nitrogen and oxygen atoms in total. The second-order valence-electron chi connectivity index (χ2n) is 6.26. The lowest BCUT2D eigenvalue weighted by Gasteiger charge is -2.48. The number of hydrogen-bond acceptors (Lipinski definition) is 2. The Bertz CT molecular complexity index is 855. The van der Waals surface area contributed by atoms with E-state index in [1.165, 1.54) is 7.11 Å². The van der Waals surface area contributed by atoms with Crippen LogP contribution in [0, 0.1) is 0 Å². The minimum Gasteiger partial charge on any atom is -0.497 e. The van der Waals surface area contributed by atoms with E-state index < -0.39 is 24.3 Å². The number of halogens is 4. The lowest BCUT2D eigenvalue weighted by molar-refractivity contribution is -0.148. The topological polar surface area (TPSA) is 41.6 Å². The van der Waals surface area contributed by atoms with Crippen LogP contribution in [0.3, 0.4) is 0 Å². The number of nitrogens with one attached hydrogen (secondary N) is 1. The van der Waals surface area contributed by atoms with Gasteiger partial charge in [-0.3, -0.25) is 0 Å². The molecule has 0 fully saturated rings. The molecule has 0 saturated heterocycles. The first kappa shape index (κ1) is 19.4. The van der Waals surface area contributed by atoms with Crippen molar-refractivity contribution in [1.82, 2.24) is 4.90 Å². The number of benzene rings is 2. The standard InChI is InChI=1S/C19H18ClF3N2O2/c1-3-18(12-4-7-14(27-2)8-5-12)15-10-13(20)6-9-16(15)24-17(26)25(18)11-19(21,22)23/h4-10H,3,11H2,1-2H3,(H,24,26). The maximum atomic E-state index is 13.3. The van der Waals surface area contributed by atoms with Crippen molar-refractivity contribution in [3.05, 3.63) is 58.6 Å². The number of anilines is 1. The lowest BCUT2D eigenvalue weighted by atomic mass is 9.77. The van der Waals surface area contributed by atoms with Crippen LogP contribution in [0.25, 0.3) is 0 Å². The van der Waals surface area contributed by atoms with Gasteiger partial charge < -0.3 is 15.0 Å². The largest absolute Gasteiger partial charge is 0.497 e. The minimum atomic E-state index is -4.56. The van der Waals surface area contributed by atoms with Gasteiger partial charge in [0.25, 0.3) is 0 Å². The van der Waals surface area contributed by atoms with Crippen LogP contribution >= 0.6 is 11.6 Å². The average molecular weight is 399 g/mol. The Kier molecular flexibility index (Phi) is 4.99. The summed E-state index contributed by atoms with van der Waals surface area (Å²) in [5.41, 5.74) is 0.199. The second kappa shape index (κ2) is 6.96. The molecule has 27 heavy (non-hydrogen) atoms. The minimum absolute atomic E-state index is 0.232. The first-order chi connectivity index (χ1) is 12.7. The number of carbonyl (C=O) groups excluding carboxylic acids is 1. The highest BCUT2D eigenvalue weighted by Crippen LogP contribution is 2.47. The third-order valence-electron chi connectivity index (χ3n) is 4.79. The fourth-order valence-electron chi connectivity index (χ4n) is 3.62.